The lowest BCUT2D eigenvalue weighted by molar-refractivity contribution is -0.389. The third-order valence-corrected chi connectivity index (χ3v) is 3.57. The van der Waals surface area contributed by atoms with Crippen molar-refractivity contribution in [3.05, 3.63) is 40.3 Å². The molecule has 0 radical (unpaired) electrons. The van der Waals surface area contributed by atoms with Gasteiger partial charge in [-0.05, 0) is 22.9 Å². The number of hydrogen-bond acceptors (Lipinski definition) is 7. The number of aromatic nitrogens is 2. The third-order valence-electron chi connectivity index (χ3n) is 3.57. The Kier molecular flexibility index (Phi) is 4.33. The normalized spacial score (nSPS) is 12.0. The van der Waals surface area contributed by atoms with E-state index < -0.39 is 4.92 Å². The van der Waals surface area contributed by atoms with E-state index in [-0.39, 0.29) is 37.3 Å². The van der Waals surface area contributed by atoms with Gasteiger partial charge in [0.25, 0.3) is 0 Å². The second-order valence-electron chi connectivity index (χ2n) is 5.33. The van der Waals surface area contributed by atoms with Gasteiger partial charge in [-0.25, -0.2) is 0 Å². The molecular weight excluding hydrogens is 332 g/mol. The average Bonchev–Trinajstić information content (AvgIpc) is 3.20. The molecular formula is C15H14N4O6. The Morgan fingerprint density at radius 3 is 2.72 bits per heavy atom. The lowest BCUT2D eigenvalue weighted by Gasteiger charge is -2.10. The standard InChI is InChI=1S/C15H14N4O6/c1-9(20)10-4-12-13(25-8-24-12)5-11(10)17-15(21)2-3-18-6-14(16-7-18)19(22)23/h4-7H,2-3,8H2,1H3,(H,17,21). The first-order valence-electron chi connectivity index (χ1n) is 7.34. The number of nitrogens with zero attached hydrogens (tertiary/aromatic N) is 3. The highest BCUT2D eigenvalue weighted by Gasteiger charge is 2.20. The van der Waals surface area contributed by atoms with Crippen LogP contribution in [0.3, 0.4) is 0 Å². The number of imidazole rings is 1. The third kappa shape index (κ3) is 3.57. The highest BCUT2D eigenvalue weighted by atomic mass is 16.7. The monoisotopic (exact) mass is 346 g/mol. The number of rotatable bonds is 6. The van der Waals surface area contributed by atoms with Gasteiger partial charge in [-0.3, -0.25) is 9.59 Å². The molecule has 130 valence electrons. The van der Waals surface area contributed by atoms with E-state index in [1.807, 2.05) is 0 Å². The number of anilines is 1. The van der Waals surface area contributed by atoms with Crippen molar-refractivity contribution in [2.45, 2.75) is 19.9 Å². The number of ketones is 1. The Morgan fingerprint density at radius 1 is 1.36 bits per heavy atom. The molecule has 3 rings (SSSR count). The number of benzene rings is 1. The molecule has 1 aromatic heterocycles. The fourth-order valence-corrected chi connectivity index (χ4v) is 2.34. The van der Waals surface area contributed by atoms with E-state index in [2.05, 4.69) is 10.3 Å². The molecule has 25 heavy (non-hydrogen) atoms. The number of carbonyl (C=O) groups is 2. The van der Waals surface area contributed by atoms with Crippen LogP contribution in [0.5, 0.6) is 11.5 Å². The summed E-state index contributed by atoms with van der Waals surface area (Å²) in [5.41, 5.74) is 0.647. The van der Waals surface area contributed by atoms with Crippen LogP contribution in [0.25, 0.3) is 0 Å². The summed E-state index contributed by atoms with van der Waals surface area (Å²) in [5, 5.41) is 13.2. The van der Waals surface area contributed by atoms with Gasteiger partial charge < -0.3 is 29.5 Å². The van der Waals surface area contributed by atoms with E-state index >= 15 is 0 Å². The van der Waals surface area contributed by atoms with Gasteiger partial charge in [0.1, 0.15) is 6.20 Å². The minimum Gasteiger partial charge on any atom is -0.454 e. The lowest BCUT2D eigenvalue weighted by Crippen LogP contribution is -2.16. The van der Waals surface area contributed by atoms with Crippen LogP contribution in [0.1, 0.15) is 23.7 Å². The van der Waals surface area contributed by atoms with Gasteiger partial charge in [0.2, 0.25) is 19.0 Å². The molecule has 0 aliphatic carbocycles. The van der Waals surface area contributed by atoms with E-state index in [0.29, 0.717) is 22.7 Å². The molecule has 10 nitrogen and oxygen atoms in total. The number of nitro groups is 1. The van der Waals surface area contributed by atoms with Crippen LogP contribution in [-0.2, 0) is 11.3 Å². The summed E-state index contributed by atoms with van der Waals surface area (Å²) in [6, 6.07) is 3.07. The van der Waals surface area contributed by atoms with Gasteiger partial charge in [-0.15, -0.1) is 0 Å². The highest BCUT2D eigenvalue weighted by molar-refractivity contribution is 6.04. The maximum Gasteiger partial charge on any atom is 0.381 e. The molecule has 0 spiro atoms. The maximum atomic E-state index is 12.1. The molecule has 10 heteroatoms. The van der Waals surface area contributed by atoms with Crippen LogP contribution in [0.2, 0.25) is 0 Å². The molecule has 1 aromatic carbocycles. The SMILES string of the molecule is CC(=O)c1cc2c(cc1NC(=O)CCn1cnc([N+](=O)[O-])c1)OCO2. The van der Waals surface area contributed by atoms with Crippen LogP contribution in [0.4, 0.5) is 11.5 Å². The van der Waals surface area contributed by atoms with Gasteiger partial charge in [0.15, 0.2) is 17.3 Å². The summed E-state index contributed by atoms with van der Waals surface area (Å²) < 4.78 is 11.9. The fraction of sp³-hybridized carbons (Fsp3) is 0.267. The quantitative estimate of drug-likeness (QED) is 0.480. The molecule has 0 bridgehead atoms. The molecule has 0 fully saturated rings. The van der Waals surface area contributed by atoms with E-state index in [4.69, 9.17) is 9.47 Å². The van der Waals surface area contributed by atoms with E-state index in [0.717, 1.165) is 0 Å². The number of hydrogen-bond donors (Lipinski definition) is 1. The number of Topliss-reactive ketones (excluding diaryl/α,β-unsaturated/α-hetero) is 1. The molecule has 1 aliphatic rings. The van der Waals surface area contributed by atoms with Crippen molar-refractivity contribution >= 4 is 23.2 Å². The van der Waals surface area contributed by atoms with Crippen molar-refractivity contribution in [3.63, 3.8) is 0 Å². The Balaban J connectivity index is 1.68. The first-order valence-corrected chi connectivity index (χ1v) is 7.34. The molecule has 0 unspecified atom stereocenters. The summed E-state index contributed by atoms with van der Waals surface area (Å²) >= 11 is 0. The zero-order valence-electron chi connectivity index (χ0n) is 13.2. The van der Waals surface area contributed by atoms with Gasteiger partial charge in [-0.1, -0.05) is 0 Å². The molecule has 2 aromatic rings. The Morgan fingerprint density at radius 2 is 2.08 bits per heavy atom. The van der Waals surface area contributed by atoms with E-state index in [9.17, 15) is 19.7 Å². The summed E-state index contributed by atoms with van der Waals surface area (Å²) in [6.45, 7) is 1.66. The predicted octanol–water partition coefficient (Wildman–Crippen LogP) is 1.75. The zero-order valence-corrected chi connectivity index (χ0v) is 13.2. The van der Waals surface area contributed by atoms with Gasteiger partial charge in [0, 0.05) is 24.6 Å². The van der Waals surface area contributed by atoms with Crippen LogP contribution in [0, 0.1) is 10.1 Å². The molecule has 0 atom stereocenters. The topological polar surface area (TPSA) is 126 Å². The highest BCUT2D eigenvalue weighted by Crippen LogP contribution is 2.37. The largest absolute Gasteiger partial charge is 0.454 e. The van der Waals surface area contributed by atoms with Crippen molar-refractivity contribution in [3.8, 4) is 11.5 Å². The summed E-state index contributed by atoms with van der Waals surface area (Å²) in [5.74, 6) is 0.0473. The van der Waals surface area contributed by atoms with Crippen LogP contribution in [0.15, 0.2) is 24.7 Å². The second kappa shape index (κ2) is 6.59. The lowest BCUT2D eigenvalue weighted by atomic mass is 10.1. The van der Waals surface area contributed by atoms with Crippen molar-refractivity contribution in [1.82, 2.24) is 9.55 Å². The molecule has 1 amide bonds. The Hall–Kier alpha value is -3.43. The van der Waals surface area contributed by atoms with Crippen molar-refractivity contribution in [2.75, 3.05) is 12.1 Å². The second-order valence-corrected chi connectivity index (χ2v) is 5.33. The Bertz CT molecular complexity index is 860. The van der Waals surface area contributed by atoms with Crippen LogP contribution < -0.4 is 14.8 Å². The number of nitrogens with one attached hydrogen (secondary N) is 1. The number of ether oxygens (including phenoxy) is 2. The number of aryl methyl sites for hydroxylation is 1. The maximum absolute atomic E-state index is 12.1. The summed E-state index contributed by atoms with van der Waals surface area (Å²) in [4.78, 5) is 37.5. The van der Waals surface area contributed by atoms with Crippen molar-refractivity contribution < 1.29 is 24.0 Å². The van der Waals surface area contributed by atoms with Gasteiger partial charge in [0.05, 0.1) is 5.69 Å². The smallest absolute Gasteiger partial charge is 0.381 e. The van der Waals surface area contributed by atoms with Crippen molar-refractivity contribution in [1.29, 1.82) is 0 Å². The number of carbonyl (C=O) groups excluding carboxylic acids is 2. The summed E-state index contributed by atoms with van der Waals surface area (Å²) in [6.07, 6.45) is 2.58. The fourth-order valence-electron chi connectivity index (χ4n) is 2.34. The zero-order chi connectivity index (χ0) is 18.0. The number of amides is 1. The number of fused-ring (bicyclic) bond motifs is 1. The predicted molar refractivity (Wildman–Crippen MR) is 84.7 cm³/mol. The molecule has 0 saturated heterocycles. The van der Waals surface area contributed by atoms with Crippen LogP contribution >= 0.6 is 0 Å². The molecule has 1 N–H and O–H groups in total. The minimum atomic E-state index is -0.609. The molecule has 1 aliphatic heterocycles. The summed E-state index contributed by atoms with van der Waals surface area (Å²) in [7, 11) is 0. The van der Waals surface area contributed by atoms with Gasteiger partial charge in [-0.2, -0.15) is 0 Å². The Labute approximate surface area is 141 Å². The molecule has 2 heterocycles. The minimum absolute atomic E-state index is 0.0549. The first kappa shape index (κ1) is 16.4. The van der Waals surface area contributed by atoms with Crippen molar-refractivity contribution in [2.24, 2.45) is 0 Å². The van der Waals surface area contributed by atoms with Crippen LogP contribution in [-0.4, -0.2) is 33.0 Å². The average molecular weight is 346 g/mol. The molecule has 0 saturated carbocycles. The van der Waals surface area contributed by atoms with E-state index in [1.54, 1.807) is 6.07 Å². The van der Waals surface area contributed by atoms with Gasteiger partial charge >= 0.3 is 5.82 Å². The van der Waals surface area contributed by atoms with E-state index in [1.165, 1.54) is 30.1 Å². The first-order chi connectivity index (χ1) is 11.9.